The van der Waals surface area contributed by atoms with Gasteiger partial charge in [-0.15, -0.1) is 17.7 Å². The molecule has 0 amide bonds. The molecule has 0 unspecified atom stereocenters. The third kappa shape index (κ3) is 3.52. The van der Waals surface area contributed by atoms with Crippen molar-refractivity contribution in [1.82, 2.24) is 0 Å². The fourth-order valence-corrected chi connectivity index (χ4v) is 1.54. The zero-order valence-corrected chi connectivity index (χ0v) is 10.8. The van der Waals surface area contributed by atoms with Crippen molar-refractivity contribution in [2.45, 2.75) is 4.90 Å². The summed E-state index contributed by atoms with van der Waals surface area (Å²) in [5, 5.41) is 0.313. The van der Waals surface area contributed by atoms with Gasteiger partial charge in [-0.1, -0.05) is 5.02 Å². The first kappa shape index (κ1) is 12.6. The van der Waals surface area contributed by atoms with Crippen LogP contribution in [0.2, 0.25) is 5.02 Å². The van der Waals surface area contributed by atoms with Gasteiger partial charge in [0.15, 0.2) is 9.84 Å². The van der Waals surface area contributed by atoms with Crippen LogP contribution in [-0.2, 0) is 42.5 Å². The van der Waals surface area contributed by atoms with Crippen LogP contribution in [0.1, 0.15) is 0 Å². The van der Waals surface area contributed by atoms with Crippen LogP contribution in [0, 0.1) is 6.07 Å². The quantitative estimate of drug-likeness (QED) is 0.730. The predicted octanol–water partition coefficient (Wildman–Crippen LogP) is 1.54. The van der Waals surface area contributed by atoms with Crippen molar-refractivity contribution in [2.75, 3.05) is 6.26 Å². The molecule has 2 nitrogen and oxygen atoms in total. The molecule has 0 heterocycles. The third-order valence-electron chi connectivity index (χ3n) is 1.17. The summed E-state index contributed by atoms with van der Waals surface area (Å²) in [7, 11) is -3.13. The van der Waals surface area contributed by atoms with Crippen LogP contribution >= 0.6 is 11.6 Å². The van der Waals surface area contributed by atoms with Gasteiger partial charge in [-0.25, -0.2) is 8.42 Å². The standard InChI is InChI=1S/C7H6ClO2S.Y/c1-11(9,10)7-4-2-3-6(8)5-7;/h2,4-5H,1H3;/q-1;. The van der Waals surface area contributed by atoms with Gasteiger partial charge in [0, 0.05) is 39.0 Å². The van der Waals surface area contributed by atoms with Crippen LogP contribution in [0.25, 0.3) is 0 Å². The first-order chi connectivity index (χ1) is 5.00. The topological polar surface area (TPSA) is 34.1 Å². The molecule has 0 N–H and O–H groups in total. The van der Waals surface area contributed by atoms with E-state index in [2.05, 4.69) is 6.07 Å². The maximum absolute atomic E-state index is 10.9. The van der Waals surface area contributed by atoms with Crippen molar-refractivity contribution in [2.24, 2.45) is 0 Å². The fraction of sp³-hybridized carbons (Fsp3) is 0.143. The van der Waals surface area contributed by atoms with Gasteiger partial charge in [-0.2, -0.15) is 18.2 Å². The maximum atomic E-state index is 10.9. The summed E-state index contributed by atoms with van der Waals surface area (Å²) in [5.74, 6) is 0. The largest absolute Gasteiger partial charge is 0.226 e. The Kier molecular flexibility index (Phi) is 4.92. The molecule has 0 aromatic heterocycles. The summed E-state index contributed by atoms with van der Waals surface area (Å²) in [6, 6.07) is 6.96. The average molecular weight is 279 g/mol. The van der Waals surface area contributed by atoms with Crippen LogP contribution in [0.15, 0.2) is 23.1 Å². The molecule has 0 atom stereocenters. The molecule has 0 spiro atoms. The molecular weight excluding hydrogens is 273 g/mol. The Morgan fingerprint density at radius 3 is 2.42 bits per heavy atom. The van der Waals surface area contributed by atoms with E-state index in [-0.39, 0.29) is 37.6 Å². The second kappa shape index (κ2) is 4.70. The number of benzene rings is 1. The molecule has 0 saturated heterocycles. The molecule has 0 bridgehead atoms. The molecule has 1 rings (SSSR count). The van der Waals surface area contributed by atoms with Gasteiger partial charge in [0.05, 0.1) is 0 Å². The monoisotopic (exact) mass is 278 g/mol. The minimum absolute atomic E-state index is 0. The molecule has 0 fully saturated rings. The smallest absolute Gasteiger partial charge is 0.153 e. The maximum Gasteiger partial charge on any atom is 0.153 e. The summed E-state index contributed by atoms with van der Waals surface area (Å²) in [4.78, 5) is 0.223. The number of sulfone groups is 1. The molecule has 1 radical (unpaired) electrons. The SMILES string of the molecule is CS(=O)(=O)c1cc[c-]c(Cl)c1.[Y]. The molecule has 0 aliphatic rings. The van der Waals surface area contributed by atoms with Crippen molar-refractivity contribution >= 4 is 21.4 Å². The zero-order chi connectivity index (χ0) is 8.48. The number of rotatable bonds is 1. The Hall–Kier alpha value is 0.564. The predicted molar refractivity (Wildman–Crippen MR) is 43.4 cm³/mol. The van der Waals surface area contributed by atoms with E-state index >= 15 is 0 Å². The van der Waals surface area contributed by atoms with E-state index in [1.165, 1.54) is 18.2 Å². The van der Waals surface area contributed by atoms with Crippen LogP contribution < -0.4 is 0 Å². The van der Waals surface area contributed by atoms with Crippen LogP contribution in [0.4, 0.5) is 0 Å². The van der Waals surface area contributed by atoms with E-state index in [0.29, 0.717) is 5.02 Å². The molecule has 12 heavy (non-hydrogen) atoms. The van der Waals surface area contributed by atoms with E-state index in [9.17, 15) is 8.42 Å². The van der Waals surface area contributed by atoms with Gasteiger partial charge in [-0.05, 0) is 4.90 Å². The van der Waals surface area contributed by atoms with Crippen molar-refractivity contribution in [1.29, 1.82) is 0 Å². The molecule has 0 aliphatic carbocycles. The van der Waals surface area contributed by atoms with E-state index < -0.39 is 9.84 Å². The summed E-state index contributed by atoms with van der Waals surface area (Å²) < 4.78 is 21.8. The van der Waals surface area contributed by atoms with Gasteiger partial charge in [0.2, 0.25) is 0 Å². The van der Waals surface area contributed by atoms with Crippen molar-refractivity contribution < 1.29 is 41.1 Å². The first-order valence-corrected chi connectivity index (χ1v) is 5.14. The second-order valence-electron chi connectivity index (χ2n) is 2.14. The van der Waals surface area contributed by atoms with Gasteiger partial charge in [0.25, 0.3) is 0 Å². The molecule has 1 aromatic carbocycles. The molecule has 1 aromatic rings. The molecular formula is C7H6ClO2SY-. The number of halogens is 1. The Bertz CT molecular complexity index is 361. The van der Waals surface area contributed by atoms with Crippen molar-refractivity contribution in [3.05, 3.63) is 29.3 Å². The van der Waals surface area contributed by atoms with Crippen LogP contribution in [-0.4, -0.2) is 14.7 Å². The van der Waals surface area contributed by atoms with Crippen LogP contribution in [0.3, 0.4) is 0 Å². The summed E-state index contributed by atoms with van der Waals surface area (Å²) in [5.41, 5.74) is 0. The molecule has 63 valence electrons. The normalized spacial score (nSPS) is 10.5. The summed E-state index contributed by atoms with van der Waals surface area (Å²) >= 11 is 5.53. The minimum Gasteiger partial charge on any atom is -0.226 e. The number of hydrogen-bond acceptors (Lipinski definition) is 2. The summed E-state index contributed by atoms with van der Waals surface area (Å²) in [6.07, 6.45) is 1.14. The molecule has 5 heteroatoms. The van der Waals surface area contributed by atoms with E-state index in [1.807, 2.05) is 0 Å². The van der Waals surface area contributed by atoms with Crippen LogP contribution in [0.5, 0.6) is 0 Å². The van der Waals surface area contributed by atoms with Crippen molar-refractivity contribution in [3.8, 4) is 0 Å². The van der Waals surface area contributed by atoms with Gasteiger partial charge in [0.1, 0.15) is 0 Å². The first-order valence-electron chi connectivity index (χ1n) is 2.87. The fourth-order valence-electron chi connectivity index (χ4n) is 0.649. The van der Waals surface area contributed by atoms with E-state index in [1.54, 1.807) is 0 Å². The average Bonchev–Trinajstić information content (AvgIpc) is 1.86. The zero-order valence-electron chi connectivity index (χ0n) is 6.41. The Morgan fingerprint density at radius 1 is 1.50 bits per heavy atom. The molecule has 0 saturated carbocycles. The summed E-state index contributed by atoms with van der Waals surface area (Å²) in [6.45, 7) is 0. The van der Waals surface area contributed by atoms with Gasteiger partial charge in [-0.3, -0.25) is 0 Å². The number of hydrogen-bond donors (Lipinski definition) is 0. The van der Waals surface area contributed by atoms with Crippen molar-refractivity contribution in [3.63, 3.8) is 0 Å². The minimum atomic E-state index is -3.13. The van der Waals surface area contributed by atoms with Gasteiger partial charge >= 0.3 is 0 Å². The van der Waals surface area contributed by atoms with Gasteiger partial charge < -0.3 is 0 Å². The Labute approximate surface area is 102 Å². The third-order valence-corrected chi connectivity index (χ3v) is 2.49. The van der Waals surface area contributed by atoms with E-state index in [0.717, 1.165) is 6.26 Å². The Balaban J connectivity index is 0.00000121. The molecule has 0 aliphatic heterocycles. The Morgan fingerprint density at radius 2 is 2.08 bits per heavy atom. The second-order valence-corrected chi connectivity index (χ2v) is 4.57. The van der Waals surface area contributed by atoms with E-state index in [4.69, 9.17) is 11.6 Å².